The lowest BCUT2D eigenvalue weighted by Gasteiger charge is -2.12. The van der Waals surface area contributed by atoms with E-state index < -0.39 is 0 Å². The molecule has 2 aromatic rings. The van der Waals surface area contributed by atoms with E-state index in [1.54, 1.807) is 0 Å². The number of benzene rings is 2. The Bertz CT molecular complexity index is 582. The van der Waals surface area contributed by atoms with Crippen molar-refractivity contribution in [3.8, 4) is 5.75 Å². The van der Waals surface area contributed by atoms with E-state index in [0.717, 1.165) is 22.6 Å². The van der Waals surface area contributed by atoms with Gasteiger partial charge in [0.15, 0.2) is 0 Å². The molecule has 0 radical (unpaired) electrons. The molecular weight excluding hydrogens is 234 g/mol. The lowest BCUT2D eigenvalue weighted by atomic mass is 10.1. The third-order valence-corrected chi connectivity index (χ3v) is 3.24. The second-order valence-electron chi connectivity index (χ2n) is 5.26. The van der Waals surface area contributed by atoms with E-state index in [1.165, 1.54) is 16.7 Å². The largest absolute Gasteiger partial charge is 0.489 e. The third kappa shape index (κ3) is 3.28. The summed E-state index contributed by atoms with van der Waals surface area (Å²) >= 11 is 0. The molecule has 0 unspecified atom stereocenters. The van der Waals surface area contributed by atoms with E-state index >= 15 is 0 Å². The maximum absolute atomic E-state index is 5.93. The molecule has 2 aromatic carbocycles. The Morgan fingerprint density at radius 2 is 1.47 bits per heavy atom. The van der Waals surface area contributed by atoms with Crippen molar-refractivity contribution in [3.05, 3.63) is 58.1 Å². The highest BCUT2D eigenvalue weighted by Gasteiger charge is 2.04. The summed E-state index contributed by atoms with van der Waals surface area (Å²) in [5.41, 5.74) is 12.6. The molecular formula is C17H21NO. The van der Waals surface area contributed by atoms with Gasteiger partial charge in [-0.2, -0.15) is 0 Å². The zero-order valence-corrected chi connectivity index (χ0v) is 12.1. The first kappa shape index (κ1) is 13.5. The van der Waals surface area contributed by atoms with E-state index in [2.05, 4.69) is 38.1 Å². The molecule has 0 aliphatic heterocycles. The van der Waals surface area contributed by atoms with Gasteiger partial charge in [-0.05, 0) is 44.4 Å². The molecule has 100 valence electrons. The second-order valence-corrected chi connectivity index (χ2v) is 5.26. The van der Waals surface area contributed by atoms with Gasteiger partial charge in [-0.25, -0.2) is 0 Å². The molecule has 0 aliphatic carbocycles. The fraction of sp³-hybridized carbons (Fsp3) is 0.294. The van der Waals surface area contributed by atoms with Gasteiger partial charge in [-0.15, -0.1) is 0 Å². The molecule has 0 amide bonds. The minimum Gasteiger partial charge on any atom is -0.489 e. The predicted molar refractivity (Wildman–Crippen MR) is 80.6 cm³/mol. The zero-order valence-electron chi connectivity index (χ0n) is 12.1. The fourth-order valence-electron chi connectivity index (χ4n) is 2.32. The van der Waals surface area contributed by atoms with Crippen molar-refractivity contribution in [1.82, 2.24) is 0 Å². The summed E-state index contributed by atoms with van der Waals surface area (Å²) in [5.74, 6) is 0.863. The van der Waals surface area contributed by atoms with Gasteiger partial charge in [0, 0.05) is 11.8 Å². The average molecular weight is 255 g/mol. The summed E-state index contributed by atoms with van der Waals surface area (Å²) in [7, 11) is 0. The minimum atomic E-state index is 0.575. The standard InChI is InChI=1S/C17H21NO/c1-11-5-12(2)7-15(6-11)10-19-17-9-16(18)13(3)8-14(17)4/h5-9H,10,18H2,1-4H3. The molecule has 0 heterocycles. The smallest absolute Gasteiger partial charge is 0.124 e. The molecule has 0 spiro atoms. The van der Waals surface area contributed by atoms with Crippen molar-refractivity contribution in [2.75, 3.05) is 5.73 Å². The van der Waals surface area contributed by atoms with Crippen LogP contribution in [0.15, 0.2) is 30.3 Å². The number of ether oxygens (including phenoxy) is 1. The van der Waals surface area contributed by atoms with Crippen LogP contribution in [0.3, 0.4) is 0 Å². The van der Waals surface area contributed by atoms with Crippen molar-refractivity contribution in [2.45, 2.75) is 34.3 Å². The number of aryl methyl sites for hydroxylation is 4. The molecule has 0 aliphatic rings. The third-order valence-electron chi connectivity index (χ3n) is 3.24. The molecule has 2 N–H and O–H groups in total. The summed E-state index contributed by atoms with van der Waals surface area (Å²) < 4.78 is 5.89. The average Bonchev–Trinajstić information content (AvgIpc) is 2.31. The van der Waals surface area contributed by atoms with Crippen LogP contribution >= 0.6 is 0 Å². The van der Waals surface area contributed by atoms with Gasteiger partial charge in [0.05, 0.1) is 0 Å². The van der Waals surface area contributed by atoms with E-state index in [4.69, 9.17) is 10.5 Å². The summed E-state index contributed by atoms with van der Waals surface area (Å²) in [4.78, 5) is 0. The fourth-order valence-corrected chi connectivity index (χ4v) is 2.32. The van der Waals surface area contributed by atoms with Gasteiger partial charge in [-0.1, -0.05) is 35.4 Å². The lowest BCUT2D eigenvalue weighted by molar-refractivity contribution is 0.304. The topological polar surface area (TPSA) is 35.2 Å². The normalized spacial score (nSPS) is 10.5. The summed E-state index contributed by atoms with van der Waals surface area (Å²) in [5, 5.41) is 0. The number of anilines is 1. The highest BCUT2D eigenvalue weighted by molar-refractivity contribution is 5.54. The molecule has 0 fully saturated rings. The van der Waals surface area contributed by atoms with E-state index in [1.807, 2.05) is 19.9 Å². The Kier molecular flexibility index (Phi) is 3.79. The van der Waals surface area contributed by atoms with Crippen LogP contribution in [0.1, 0.15) is 27.8 Å². The summed E-state index contributed by atoms with van der Waals surface area (Å²) in [6.45, 7) is 8.84. The SMILES string of the molecule is Cc1cc(C)cc(COc2cc(N)c(C)cc2C)c1. The lowest BCUT2D eigenvalue weighted by Crippen LogP contribution is -2.00. The Labute approximate surface area is 115 Å². The zero-order chi connectivity index (χ0) is 14.0. The molecule has 0 aromatic heterocycles. The first-order chi connectivity index (χ1) is 8.95. The summed E-state index contributed by atoms with van der Waals surface area (Å²) in [6, 6.07) is 10.4. The van der Waals surface area contributed by atoms with Crippen LogP contribution < -0.4 is 10.5 Å². The van der Waals surface area contributed by atoms with Crippen molar-refractivity contribution < 1.29 is 4.74 Å². The van der Waals surface area contributed by atoms with Crippen molar-refractivity contribution in [2.24, 2.45) is 0 Å². The minimum absolute atomic E-state index is 0.575. The predicted octanol–water partition coefficient (Wildman–Crippen LogP) is 4.08. The van der Waals surface area contributed by atoms with E-state index in [9.17, 15) is 0 Å². The maximum atomic E-state index is 5.93. The maximum Gasteiger partial charge on any atom is 0.124 e. The Balaban J connectivity index is 2.16. The first-order valence-corrected chi connectivity index (χ1v) is 6.52. The van der Waals surface area contributed by atoms with Gasteiger partial charge in [-0.3, -0.25) is 0 Å². The monoisotopic (exact) mass is 255 g/mol. The number of nitrogen functional groups attached to an aromatic ring is 1. The van der Waals surface area contributed by atoms with Crippen molar-refractivity contribution in [3.63, 3.8) is 0 Å². The molecule has 19 heavy (non-hydrogen) atoms. The molecule has 0 bridgehead atoms. The number of hydrogen-bond donors (Lipinski definition) is 1. The first-order valence-electron chi connectivity index (χ1n) is 6.52. The van der Waals surface area contributed by atoms with Crippen LogP contribution in [0, 0.1) is 27.7 Å². The Morgan fingerprint density at radius 1 is 0.842 bits per heavy atom. The molecule has 2 rings (SSSR count). The van der Waals surface area contributed by atoms with Crippen LogP contribution in [0.2, 0.25) is 0 Å². The highest BCUT2D eigenvalue weighted by atomic mass is 16.5. The van der Waals surface area contributed by atoms with Crippen LogP contribution in [0.25, 0.3) is 0 Å². The van der Waals surface area contributed by atoms with Crippen LogP contribution in [-0.4, -0.2) is 0 Å². The molecule has 0 saturated heterocycles. The molecule has 2 nitrogen and oxygen atoms in total. The highest BCUT2D eigenvalue weighted by Crippen LogP contribution is 2.25. The van der Waals surface area contributed by atoms with Crippen LogP contribution in [0.5, 0.6) is 5.75 Å². The number of rotatable bonds is 3. The van der Waals surface area contributed by atoms with Gasteiger partial charge in [0.2, 0.25) is 0 Å². The van der Waals surface area contributed by atoms with Crippen molar-refractivity contribution >= 4 is 5.69 Å². The van der Waals surface area contributed by atoms with Crippen LogP contribution in [-0.2, 0) is 6.61 Å². The quantitative estimate of drug-likeness (QED) is 0.839. The Hall–Kier alpha value is -1.96. The van der Waals surface area contributed by atoms with Gasteiger partial charge in [0.1, 0.15) is 12.4 Å². The van der Waals surface area contributed by atoms with Crippen molar-refractivity contribution in [1.29, 1.82) is 0 Å². The molecule has 0 atom stereocenters. The van der Waals surface area contributed by atoms with Gasteiger partial charge >= 0.3 is 0 Å². The van der Waals surface area contributed by atoms with E-state index in [-0.39, 0.29) is 0 Å². The number of hydrogen-bond acceptors (Lipinski definition) is 2. The Morgan fingerprint density at radius 3 is 2.11 bits per heavy atom. The van der Waals surface area contributed by atoms with Gasteiger partial charge < -0.3 is 10.5 Å². The molecule has 2 heteroatoms. The number of nitrogens with two attached hydrogens (primary N) is 1. The van der Waals surface area contributed by atoms with Crippen LogP contribution in [0.4, 0.5) is 5.69 Å². The van der Waals surface area contributed by atoms with E-state index in [0.29, 0.717) is 6.61 Å². The summed E-state index contributed by atoms with van der Waals surface area (Å²) in [6.07, 6.45) is 0. The van der Waals surface area contributed by atoms with Gasteiger partial charge in [0.25, 0.3) is 0 Å². The second kappa shape index (κ2) is 5.35. The molecule has 0 saturated carbocycles.